The molecule has 0 aromatic heterocycles. The quantitative estimate of drug-likeness (QED) is 0.325. The Bertz CT molecular complexity index is 1100. The van der Waals surface area contributed by atoms with Gasteiger partial charge in [0.25, 0.3) is 5.91 Å². The van der Waals surface area contributed by atoms with Crippen molar-refractivity contribution in [2.45, 2.75) is 25.1 Å². The van der Waals surface area contributed by atoms with Crippen molar-refractivity contribution in [2.24, 2.45) is 5.10 Å². The van der Waals surface area contributed by atoms with Crippen LogP contribution in [-0.4, -0.2) is 23.3 Å². The molecule has 0 radical (unpaired) electrons. The molecule has 4 N–H and O–H groups in total. The van der Waals surface area contributed by atoms with Crippen LogP contribution in [0.25, 0.3) is 0 Å². The van der Waals surface area contributed by atoms with Crippen molar-refractivity contribution in [1.82, 2.24) is 16.3 Å². The Morgan fingerprint density at radius 2 is 1.94 bits per heavy atom. The molecule has 8 heteroatoms. The summed E-state index contributed by atoms with van der Waals surface area (Å²) in [5.74, 6) is 0.651. The van der Waals surface area contributed by atoms with Gasteiger partial charge in [-0.3, -0.25) is 4.79 Å². The monoisotopic (exact) mass is 450 g/mol. The van der Waals surface area contributed by atoms with Crippen LogP contribution in [0.1, 0.15) is 29.2 Å². The molecule has 0 saturated carbocycles. The van der Waals surface area contributed by atoms with E-state index in [0.29, 0.717) is 23.6 Å². The molecular weight excluding hydrogens is 428 g/mol. The topological polar surface area (TPSA) is 95.0 Å². The van der Waals surface area contributed by atoms with Crippen LogP contribution in [-0.2, 0) is 11.4 Å². The number of hydrazine groups is 1. The summed E-state index contributed by atoms with van der Waals surface area (Å²) in [4.78, 5) is 12.4. The molecule has 1 saturated heterocycles. The van der Waals surface area contributed by atoms with E-state index in [1.807, 2.05) is 48.5 Å². The Hall–Kier alpha value is -3.39. The zero-order valence-electron chi connectivity index (χ0n) is 17.2. The van der Waals surface area contributed by atoms with E-state index in [0.717, 1.165) is 16.9 Å². The third-order valence-electron chi connectivity index (χ3n) is 5.06. The largest absolute Gasteiger partial charge is 0.508 e. The molecule has 1 heterocycles. The van der Waals surface area contributed by atoms with Crippen LogP contribution in [0.3, 0.4) is 0 Å². The maximum atomic E-state index is 12.4. The van der Waals surface area contributed by atoms with Gasteiger partial charge in [-0.1, -0.05) is 48.0 Å². The lowest BCUT2D eigenvalue weighted by molar-refractivity contribution is -0.122. The standard InChI is InChI=1S/C24H23ClN4O3/c25-19-9-7-16(8-10-19)15-32-21-6-2-4-18(12-21)22-13-23(28-27-22)24(31)29-26-14-17-3-1-5-20(30)11-17/h1-12,14,22-23,27-28,30H,13,15H2,(H,29,31)/b26-14+. The number of hydrazone groups is 1. The zero-order valence-corrected chi connectivity index (χ0v) is 17.9. The fourth-order valence-electron chi connectivity index (χ4n) is 3.37. The molecule has 2 atom stereocenters. The smallest absolute Gasteiger partial charge is 0.258 e. The Labute approximate surface area is 191 Å². The lowest BCUT2D eigenvalue weighted by Gasteiger charge is -2.12. The number of hydrogen-bond acceptors (Lipinski definition) is 6. The van der Waals surface area contributed by atoms with Gasteiger partial charge in [-0.15, -0.1) is 0 Å². The number of amides is 1. The van der Waals surface area contributed by atoms with E-state index in [1.165, 1.54) is 6.21 Å². The minimum atomic E-state index is -0.431. The van der Waals surface area contributed by atoms with Crippen LogP contribution in [0.15, 0.2) is 77.9 Å². The van der Waals surface area contributed by atoms with E-state index in [-0.39, 0.29) is 17.7 Å². The molecule has 164 valence electrons. The number of benzene rings is 3. The third-order valence-corrected chi connectivity index (χ3v) is 5.31. The summed E-state index contributed by atoms with van der Waals surface area (Å²) in [6, 6.07) is 21.5. The van der Waals surface area contributed by atoms with Crippen molar-refractivity contribution < 1.29 is 14.6 Å². The number of carbonyl (C=O) groups is 1. The number of nitrogens with one attached hydrogen (secondary N) is 3. The van der Waals surface area contributed by atoms with Gasteiger partial charge in [0.15, 0.2) is 0 Å². The van der Waals surface area contributed by atoms with Crippen LogP contribution >= 0.6 is 11.6 Å². The van der Waals surface area contributed by atoms with Gasteiger partial charge < -0.3 is 9.84 Å². The molecule has 2 unspecified atom stereocenters. The number of halogens is 1. The molecular formula is C24H23ClN4O3. The first-order chi connectivity index (χ1) is 15.6. The lowest BCUT2D eigenvalue weighted by atomic mass is 10.0. The predicted octanol–water partition coefficient (Wildman–Crippen LogP) is 3.68. The van der Waals surface area contributed by atoms with E-state index in [9.17, 15) is 9.90 Å². The van der Waals surface area contributed by atoms with Crippen molar-refractivity contribution in [1.29, 1.82) is 0 Å². The van der Waals surface area contributed by atoms with E-state index in [1.54, 1.807) is 24.3 Å². The predicted molar refractivity (Wildman–Crippen MR) is 123 cm³/mol. The second-order valence-corrected chi connectivity index (χ2v) is 7.88. The summed E-state index contributed by atoms with van der Waals surface area (Å²) < 4.78 is 5.90. The number of ether oxygens (including phenoxy) is 1. The number of aromatic hydroxyl groups is 1. The average molecular weight is 451 g/mol. The minimum absolute atomic E-state index is 0.0418. The van der Waals surface area contributed by atoms with Gasteiger partial charge in [0.2, 0.25) is 0 Å². The van der Waals surface area contributed by atoms with Crippen LogP contribution in [0.5, 0.6) is 11.5 Å². The van der Waals surface area contributed by atoms with Gasteiger partial charge in [-0.05, 0) is 59.5 Å². The van der Waals surface area contributed by atoms with Crippen molar-refractivity contribution in [3.05, 3.63) is 94.5 Å². The fourth-order valence-corrected chi connectivity index (χ4v) is 3.49. The van der Waals surface area contributed by atoms with E-state index >= 15 is 0 Å². The first-order valence-corrected chi connectivity index (χ1v) is 10.5. The second-order valence-electron chi connectivity index (χ2n) is 7.45. The lowest BCUT2D eigenvalue weighted by Crippen LogP contribution is -2.41. The minimum Gasteiger partial charge on any atom is -0.508 e. The second kappa shape index (κ2) is 10.3. The van der Waals surface area contributed by atoms with Crippen LogP contribution in [0.4, 0.5) is 0 Å². The third kappa shape index (κ3) is 5.85. The highest BCUT2D eigenvalue weighted by molar-refractivity contribution is 6.30. The first kappa shape index (κ1) is 21.8. The SMILES string of the molecule is O=C(N/N=C/c1cccc(O)c1)C1CC(c2cccc(OCc3ccc(Cl)cc3)c2)NN1. The molecule has 3 aromatic rings. The number of carbonyl (C=O) groups excluding carboxylic acids is 1. The van der Waals surface area contributed by atoms with E-state index in [2.05, 4.69) is 21.4 Å². The van der Waals surface area contributed by atoms with Gasteiger partial charge in [0.05, 0.1) is 6.21 Å². The average Bonchev–Trinajstić information content (AvgIpc) is 3.30. The molecule has 1 amide bonds. The summed E-state index contributed by atoms with van der Waals surface area (Å²) in [6.45, 7) is 0.444. The maximum Gasteiger partial charge on any atom is 0.258 e. The van der Waals surface area contributed by atoms with Crippen LogP contribution in [0, 0.1) is 0 Å². The number of phenols is 1. The molecule has 4 rings (SSSR count). The highest BCUT2D eigenvalue weighted by Crippen LogP contribution is 2.26. The van der Waals surface area contributed by atoms with E-state index < -0.39 is 6.04 Å². The van der Waals surface area contributed by atoms with Crippen molar-refractivity contribution in [3.8, 4) is 11.5 Å². The van der Waals surface area contributed by atoms with Crippen molar-refractivity contribution in [2.75, 3.05) is 0 Å². The Balaban J connectivity index is 1.30. The summed E-state index contributed by atoms with van der Waals surface area (Å²) >= 11 is 5.92. The summed E-state index contributed by atoms with van der Waals surface area (Å²) in [5, 5.41) is 14.1. The molecule has 7 nitrogen and oxygen atoms in total. The first-order valence-electron chi connectivity index (χ1n) is 10.2. The fraction of sp³-hybridized carbons (Fsp3) is 0.167. The summed E-state index contributed by atoms with van der Waals surface area (Å²) in [6.07, 6.45) is 2.05. The highest BCUT2D eigenvalue weighted by Gasteiger charge is 2.30. The normalized spacial score (nSPS) is 18.0. The Morgan fingerprint density at radius 3 is 2.75 bits per heavy atom. The number of phenolic OH excluding ortho intramolecular Hbond substituents is 1. The molecule has 0 aliphatic carbocycles. The van der Waals surface area contributed by atoms with Crippen LogP contribution < -0.4 is 21.0 Å². The van der Waals surface area contributed by atoms with Crippen molar-refractivity contribution >= 4 is 23.7 Å². The zero-order chi connectivity index (χ0) is 22.3. The number of nitrogens with zero attached hydrogens (tertiary/aromatic N) is 1. The Morgan fingerprint density at radius 1 is 1.12 bits per heavy atom. The number of rotatable bonds is 7. The number of hydrogen-bond donors (Lipinski definition) is 4. The van der Waals surface area contributed by atoms with Gasteiger partial charge in [0.1, 0.15) is 24.1 Å². The van der Waals surface area contributed by atoms with E-state index in [4.69, 9.17) is 16.3 Å². The van der Waals surface area contributed by atoms with Crippen LogP contribution in [0.2, 0.25) is 5.02 Å². The molecule has 1 aliphatic rings. The highest BCUT2D eigenvalue weighted by atomic mass is 35.5. The molecule has 0 spiro atoms. The Kier molecular flexibility index (Phi) is 7.01. The molecule has 0 bridgehead atoms. The molecule has 1 aliphatic heterocycles. The summed E-state index contributed by atoms with van der Waals surface area (Å²) in [7, 11) is 0. The molecule has 1 fully saturated rings. The van der Waals surface area contributed by atoms with Crippen molar-refractivity contribution in [3.63, 3.8) is 0 Å². The maximum absolute atomic E-state index is 12.4. The van der Waals surface area contributed by atoms with Gasteiger partial charge >= 0.3 is 0 Å². The molecule has 3 aromatic carbocycles. The summed E-state index contributed by atoms with van der Waals surface area (Å²) in [5.41, 5.74) is 11.4. The van der Waals surface area contributed by atoms with Gasteiger partial charge in [-0.2, -0.15) is 5.10 Å². The van der Waals surface area contributed by atoms with Gasteiger partial charge in [-0.25, -0.2) is 16.3 Å². The molecule has 32 heavy (non-hydrogen) atoms. The van der Waals surface area contributed by atoms with Gasteiger partial charge in [0, 0.05) is 11.1 Å².